The van der Waals surface area contributed by atoms with Gasteiger partial charge in [-0.1, -0.05) is 0 Å². The highest BCUT2D eigenvalue weighted by molar-refractivity contribution is 5.63. The van der Waals surface area contributed by atoms with Gasteiger partial charge in [-0.3, -0.25) is 0 Å². The summed E-state index contributed by atoms with van der Waals surface area (Å²) < 4.78 is 39.6. The molecule has 0 fully saturated rings. The van der Waals surface area contributed by atoms with Crippen molar-refractivity contribution in [2.75, 3.05) is 12.4 Å². The van der Waals surface area contributed by atoms with Gasteiger partial charge in [0.15, 0.2) is 11.6 Å². The summed E-state index contributed by atoms with van der Waals surface area (Å²) in [5.74, 6) is -2.33. The standard InChI is InChI=1S/C12H10F3N3/c1-6-17-11(5-12(16-2)18-6)7-3-9(14)10(15)4-8(7)13/h3-5H,1-2H3,(H,16,17,18). The minimum Gasteiger partial charge on any atom is -0.373 e. The molecule has 0 aliphatic rings. The Morgan fingerprint density at radius 3 is 2.28 bits per heavy atom. The Balaban J connectivity index is 2.61. The van der Waals surface area contributed by atoms with Crippen LogP contribution in [0, 0.1) is 24.4 Å². The minimum absolute atomic E-state index is 0.101. The van der Waals surface area contributed by atoms with E-state index in [1.165, 1.54) is 6.07 Å². The van der Waals surface area contributed by atoms with E-state index < -0.39 is 17.5 Å². The van der Waals surface area contributed by atoms with E-state index >= 15 is 0 Å². The first-order chi connectivity index (χ1) is 8.51. The molecule has 0 aliphatic carbocycles. The molecule has 0 aliphatic heterocycles. The number of hydrogen-bond donors (Lipinski definition) is 1. The fourth-order valence-electron chi connectivity index (χ4n) is 1.55. The number of hydrogen-bond acceptors (Lipinski definition) is 3. The molecule has 0 atom stereocenters. The first kappa shape index (κ1) is 12.3. The lowest BCUT2D eigenvalue weighted by Gasteiger charge is -2.07. The molecule has 0 amide bonds. The summed E-state index contributed by atoms with van der Waals surface area (Å²) in [6.45, 7) is 1.63. The lowest BCUT2D eigenvalue weighted by molar-refractivity contribution is 0.496. The van der Waals surface area contributed by atoms with Crippen LogP contribution in [0.2, 0.25) is 0 Å². The average molecular weight is 253 g/mol. The molecule has 0 saturated carbocycles. The lowest BCUT2D eigenvalue weighted by atomic mass is 10.1. The van der Waals surface area contributed by atoms with E-state index in [4.69, 9.17) is 0 Å². The van der Waals surface area contributed by atoms with Crippen molar-refractivity contribution >= 4 is 5.82 Å². The van der Waals surface area contributed by atoms with Crippen LogP contribution in [0.3, 0.4) is 0 Å². The van der Waals surface area contributed by atoms with Crippen molar-refractivity contribution < 1.29 is 13.2 Å². The number of nitrogens with one attached hydrogen (secondary N) is 1. The molecular formula is C12H10F3N3. The Morgan fingerprint density at radius 1 is 0.944 bits per heavy atom. The predicted molar refractivity (Wildman–Crippen MR) is 61.6 cm³/mol. The van der Waals surface area contributed by atoms with Crippen LogP contribution in [0.25, 0.3) is 11.3 Å². The molecule has 0 unspecified atom stereocenters. The lowest BCUT2D eigenvalue weighted by Crippen LogP contribution is -2.00. The minimum atomic E-state index is -1.23. The molecule has 0 radical (unpaired) electrons. The number of nitrogens with zero attached hydrogens (tertiary/aromatic N) is 2. The van der Waals surface area contributed by atoms with Crippen LogP contribution < -0.4 is 5.32 Å². The molecule has 1 aromatic carbocycles. The van der Waals surface area contributed by atoms with Crippen LogP contribution in [0.1, 0.15) is 5.82 Å². The molecular weight excluding hydrogens is 243 g/mol. The zero-order valence-corrected chi connectivity index (χ0v) is 9.76. The van der Waals surface area contributed by atoms with E-state index in [0.717, 1.165) is 6.07 Å². The zero-order valence-electron chi connectivity index (χ0n) is 9.76. The molecule has 94 valence electrons. The van der Waals surface area contributed by atoms with E-state index in [2.05, 4.69) is 15.3 Å². The number of anilines is 1. The van der Waals surface area contributed by atoms with Crippen molar-refractivity contribution in [3.8, 4) is 11.3 Å². The number of benzene rings is 1. The third-order valence-corrected chi connectivity index (χ3v) is 2.38. The van der Waals surface area contributed by atoms with Crippen molar-refractivity contribution in [2.45, 2.75) is 6.92 Å². The van der Waals surface area contributed by atoms with E-state index in [1.807, 2.05) is 0 Å². The van der Waals surface area contributed by atoms with E-state index in [0.29, 0.717) is 17.7 Å². The maximum absolute atomic E-state index is 13.6. The highest BCUT2D eigenvalue weighted by Crippen LogP contribution is 2.25. The smallest absolute Gasteiger partial charge is 0.161 e. The maximum Gasteiger partial charge on any atom is 0.161 e. The van der Waals surface area contributed by atoms with Crippen LogP contribution >= 0.6 is 0 Å². The monoisotopic (exact) mass is 253 g/mol. The Labute approximate surface area is 102 Å². The quantitative estimate of drug-likeness (QED) is 0.836. The largest absolute Gasteiger partial charge is 0.373 e. The van der Waals surface area contributed by atoms with Gasteiger partial charge in [-0.2, -0.15) is 0 Å². The molecule has 6 heteroatoms. The van der Waals surface area contributed by atoms with E-state index in [1.54, 1.807) is 14.0 Å². The number of aryl methyl sites for hydroxylation is 1. The maximum atomic E-state index is 13.6. The van der Waals surface area contributed by atoms with Gasteiger partial charge >= 0.3 is 0 Å². The second kappa shape index (κ2) is 4.64. The number of aromatic nitrogens is 2. The van der Waals surface area contributed by atoms with E-state index in [-0.39, 0.29) is 11.3 Å². The summed E-state index contributed by atoms with van der Waals surface area (Å²) in [5, 5.41) is 2.78. The highest BCUT2D eigenvalue weighted by Gasteiger charge is 2.13. The van der Waals surface area contributed by atoms with Gasteiger partial charge in [-0.15, -0.1) is 0 Å². The van der Waals surface area contributed by atoms with Crippen LogP contribution in [0.4, 0.5) is 19.0 Å². The Kier molecular flexibility index (Phi) is 3.18. The third-order valence-electron chi connectivity index (χ3n) is 2.38. The SMILES string of the molecule is CNc1cc(-c2cc(F)c(F)cc2F)nc(C)n1. The fraction of sp³-hybridized carbons (Fsp3) is 0.167. The molecule has 3 nitrogen and oxygen atoms in total. The predicted octanol–water partition coefficient (Wildman–Crippen LogP) is 2.91. The van der Waals surface area contributed by atoms with Gasteiger partial charge in [-0.25, -0.2) is 23.1 Å². The van der Waals surface area contributed by atoms with Gasteiger partial charge in [-0.05, 0) is 13.0 Å². The molecule has 1 heterocycles. The van der Waals surface area contributed by atoms with Crippen LogP contribution in [0.5, 0.6) is 0 Å². The molecule has 1 aromatic heterocycles. The highest BCUT2D eigenvalue weighted by atomic mass is 19.2. The third kappa shape index (κ3) is 2.27. The average Bonchev–Trinajstić information content (AvgIpc) is 2.33. The molecule has 0 saturated heterocycles. The van der Waals surface area contributed by atoms with Gasteiger partial charge < -0.3 is 5.32 Å². The zero-order chi connectivity index (χ0) is 13.3. The van der Waals surface area contributed by atoms with Gasteiger partial charge in [0.2, 0.25) is 0 Å². The first-order valence-electron chi connectivity index (χ1n) is 5.19. The first-order valence-corrected chi connectivity index (χ1v) is 5.19. The van der Waals surface area contributed by atoms with Gasteiger partial charge in [0.05, 0.1) is 5.69 Å². The molecule has 2 aromatic rings. The van der Waals surface area contributed by atoms with Crippen molar-refractivity contribution in [1.29, 1.82) is 0 Å². The topological polar surface area (TPSA) is 37.8 Å². The van der Waals surface area contributed by atoms with Crippen molar-refractivity contribution in [3.63, 3.8) is 0 Å². The molecule has 18 heavy (non-hydrogen) atoms. The molecule has 2 rings (SSSR count). The summed E-state index contributed by atoms with van der Waals surface area (Å²) >= 11 is 0. The summed E-state index contributed by atoms with van der Waals surface area (Å²) in [7, 11) is 1.65. The Bertz CT molecular complexity index is 599. The second-order valence-corrected chi connectivity index (χ2v) is 3.68. The molecule has 0 bridgehead atoms. The van der Waals surface area contributed by atoms with Crippen molar-refractivity contribution in [1.82, 2.24) is 9.97 Å². The summed E-state index contributed by atoms with van der Waals surface area (Å²) in [6, 6.07) is 2.75. The van der Waals surface area contributed by atoms with Gasteiger partial charge in [0.1, 0.15) is 17.5 Å². The van der Waals surface area contributed by atoms with Crippen LogP contribution in [-0.2, 0) is 0 Å². The van der Waals surface area contributed by atoms with Crippen LogP contribution in [0.15, 0.2) is 18.2 Å². The van der Waals surface area contributed by atoms with Gasteiger partial charge in [0.25, 0.3) is 0 Å². The fourth-order valence-corrected chi connectivity index (χ4v) is 1.55. The summed E-state index contributed by atoms with van der Waals surface area (Å²) in [4.78, 5) is 8.04. The summed E-state index contributed by atoms with van der Waals surface area (Å²) in [5.41, 5.74) is 0.0964. The second-order valence-electron chi connectivity index (χ2n) is 3.68. The number of halogens is 3. The normalized spacial score (nSPS) is 10.5. The molecule has 1 N–H and O–H groups in total. The summed E-state index contributed by atoms with van der Waals surface area (Å²) in [6.07, 6.45) is 0. The Hall–Kier alpha value is -2.11. The molecule has 0 spiro atoms. The van der Waals surface area contributed by atoms with Crippen molar-refractivity contribution in [2.24, 2.45) is 0 Å². The van der Waals surface area contributed by atoms with Crippen LogP contribution in [-0.4, -0.2) is 17.0 Å². The van der Waals surface area contributed by atoms with Gasteiger partial charge in [0, 0.05) is 24.7 Å². The van der Waals surface area contributed by atoms with E-state index in [9.17, 15) is 13.2 Å². The Morgan fingerprint density at radius 2 is 1.61 bits per heavy atom. The number of rotatable bonds is 2. The van der Waals surface area contributed by atoms with Crippen molar-refractivity contribution in [3.05, 3.63) is 41.5 Å².